The Hall–Kier alpha value is -1.87. The SMILES string of the molecule is COC(=O)CN(C(C)C)S(=O)(=O)c1ccc(C(=O)O)o1. The van der Waals surface area contributed by atoms with E-state index in [1.54, 1.807) is 13.8 Å². The largest absolute Gasteiger partial charge is 0.475 e. The number of esters is 1. The van der Waals surface area contributed by atoms with Gasteiger partial charge in [-0.3, -0.25) is 4.79 Å². The first-order valence-electron chi connectivity index (χ1n) is 5.62. The van der Waals surface area contributed by atoms with Gasteiger partial charge in [0.15, 0.2) is 0 Å². The maximum atomic E-state index is 12.3. The van der Waals surface area contributed by atoms with E-state index in [1.165, 1.54) is 0 Å². The van der Waals surface area contributed by atoms with Crippen molar-refractivity contribution in [3.05, 3.63) is 17.9 Å². The van der Waals surface area contributed by atoms with Crippen LogP contribution in [0.1, 0.15) is 24.4 Å². The fourth-order valence-corrected chi connectivity index (χ4v) is 2.92. The van der Waals surface area contributed by atoms with Crippen LogP contribution in [0.4, 0.5) is 0 Å². The van der Waals surface area contributed by atoms with Crippen LogP contribution in [0.5, 0.6) is 0 Å². The van der Waals surface area contributed by atoms with E-state index in [-0.39, 0.29) is 0 Å². The Morgan fingerprint density at radius 3 is 2.40 bits per heavy atom. The van der Waals surface area contributed by atoms with Gasteiger partial charge in [0.1, 0.15) is 6.54 Å². The molecule has 0 unspecified atom stereocenters. The van der Waals surface area contributed by atoms with Gasteiger partial charge in [0.05, 0.1) is 7.11 Å². The Kier molecular flexibility index (Phi) is 4.90. The first-order chi connectivity index (χ1) is 9.20. The van der Waals surface area contributed by atoms with Crippen LogP contribution in [0.25, 0.3) is 0 Å². The Morgan fingerprint density at radius 1 is 1.40 bits per heavy atom. The van der Waals surface area contributed by atoms with Crippen LogP contribution in [0.15, 0.2) is 21.6 Å². The van der Waals surface area contributed by atoms with Crippen molar-refractivity contribution >= 4 is 22.0 Å². The van der Waals surface area contributed by atoms with Gasteiger partial charge >= 0.3 is 11.9 Å². The third kappa shape index (κ3) is 3.36. The van der Waals surface area contributed by atoms with E-state index < -0.39 is 45.4 Å². The molecule has 1 rings (SSSR count). The minimum absolute atomic E-state index is 0.487. The zero-order chi connectivity index (χ0) is 15.5. The van der Waals surface area contributed by atoms with Gasteiger partial charge in [-0.15, -0.1) is 0 Å². The molecule has 0 amide bonds. The smallest absolute Gasteiger partial charge is 0.371 e. The molecule has 8 nitrogen and oxygen atoms in total. The van der Waals surface area contributed by atoms with E-state index in [9.17, 15) is 18.0 Å². The van der Waals surface area contributed by atoms with Gasteiger partial charge in [-0.2, -0.15) is 4.31 Å². The monoisotopic (exact) mass is 305 g/mol. The molecule has 0 spiro atoms. The third-order valence-electron chi connectivity index (χ3n) is 2.44. The minimum atomic E-state index is -4.12. The topological polar surface area (TPSA) is 114 Å². The predicted molar refractivity (Wildman–Crippen MR) is 66.7 cm³/mol. The van der Waals surface area contributed by atoms with Crippen molar-refractivity contribution in [1.29, 1.82) is 0 Å². The second kappa shape index (κ2) is 6.06. The van der Waals surface area contributed by atoms with Crippen molar-refractivity contribution in [2.45, 2.75) is 25.0 Å². The van der Waals surface area contributed by atoms with Gasteiger partial charge in [-0.25, -0.2) is 13.2 Å². The van der Waals surface area contributed by atoms with Crippen LogP contribution in [-0.2, 0) is 19.6 Å². The van der Waals surface area contributed by atoms with Crippen LogP contribution >= 0.6 is 0 Å². The number of carbonyl (C=O) groups is 2. The molecule has 0 aliphatic heterocycles. The number of methoxy groups -OCH3 is 1. The number of aromatic carboxylic acids is 1. The molecule has 0 bridgehead atoms. The average molecular weight is 305 g/mol. The molecule has 20 heavy (non-hydrogen) atoms. The highest BCUT2D eigenvalue weighted by molar-refractivity contribution is 7.89. The summed E-state index contributed by atoms with van der Waals surface area (Å²) in [5, 5.41) is 8.18. The van der Waals surface area contributed by atoms with Crippen LogP contribution in [0.2, 0.25) is 0 Å². The highest BCUT2D eigenvalue weighted by Gasteiger charge is 2.32. The number of furan rings is 1. The second-order valence-corrected chi connectivity index (χ2v) is 5.97. The Labute approximate surface area is 116 Å². The normalized spacial score (nSPS) is 11.8. The molecule has 0 aliphatic carbocycles. The number of hydrogen-bond acceptors (Lipinski definition) is 6. The maximum absolute atomic E-state index is 12.3. The van der Waals surface area contributed by atoms with Gasteiger partial charge in [-0.1, -0.05) is 0 Å². The standard InChI is InChI=1S/C11H15NO7S/c1-7(2)12(6-9(13)18-3)20(16,17)10-5-4-8(19-10)11(14)15/h4-5,7H,6H2,1-3H3,(H,14,15). The van der Waals surface area contributed by atoms with Gasteiger partial charge < -0.3 is 14.3 Å². The molecule has 0 radical (unpaired) electrons. The predicted octanol–water partition coefficient (Wildman–Crippen LogP) is 0.550. The second-order valence-electron chi connectivity index (χ2n) is 4.14. The summed E-state index contributed by atoms with van der Waals surface area (Å²) in [4.78, 5) is 22.0. The van der Waals surface area contributed by atoms with E-state index in [2.05, 4.69) is 4.74 Å². The van der Waals surface area contributed by atoms with Gasteiger partial charge in [0, 0.05) is 6.04 Å². The number of carboxylic acid groups (broad SMARTS) is 1. The molecule has 9 heteroatoms. The average Bonchev–Trinajstić information content (AvgIpc) is 2.85. The van der Waals surface area contributed by atoms with Crippen LogP contribution in [-0.4, -0.2) is 49.5 Å². The van der Waals surface area contributed by atoms with E-state index in [0.717, 1.165) is 23.5 Å². The fraction of sp³-hybridized carbons (Fsp3) is 0.455. The number of hydrogen-bond donors (Lipinski definition) is 1. The van der Waals surface area contributed by atoms with Gasteiger partial charge in [0.2, 0.25) is 10.9 Å². The Bertz CT molecular complexity index is 602. The number of sulfonamides is 1. The van der Waals surface area contributed by atoms with Crippen LogP contribution in [0, 0.1) is 0 Å². The molecule has 0 aromatic carbocycles. The highest BCUT2D eigenvalue weighted by Crippen LogP contribution is 2.20. The summed E-state index contributed by atoms with van der Waals surface area (Å²) >= 11 is 0. The number of carbonyl (C=O) groups excluding carboxylic acids is 1. The summed E-state index contributed by atoms with van der Waals surface area (Å²) in [6.07, 6.45) is 0. The van der Waals surface area contributed by atoms with Crippen molar-refractivity contribution in [2.24, 2.45) is 0 Å². The molecule has 0 saturated carbocycles. The van der Waals surface area contributed by atoms with E-state index in [1.807, 2.05) is 0 Å². The molecule has 1 N–H and O–H groups in total. The fourth-order valence-electron chi connectivity index (χ4n) is 1.43. The summed E-state index contributed by atoms with van der Waals surface area (Å²) in [5.41, 5.74) is 0. The molecule has 0 atom stereocenters. The molecule has 0 aliphatic rings. The lowest BCUT2D eigenvalue weighted by Crippen LogP contribution is -2.40. The molecule has 0 fully saturated rings. The van der Waals surface area contributed by atoms with E-state index in [4.69, 9.17) is 9.52 Å². The van der Waals surface area contributed by atoms with Crippen LogP contribution < -0.4 is 0 Å². The van der Waals surface area contributed by atoms with Crippen LogP contribution in [0.3, 0.4) is 0 Å². The van der Waals surface area contributed by atoms with E-state index in [0.29, 0.717) is 0 Å². The Morgan fingerprint density at radius 2 is 2.00 bits per heavy atom. The first kappa shape index (κ1) is 16.2. The van der Waals surface area contributed by atoms with Crippen molar-refractivity contribution in [3.63, 3.8) is 0 Å². The number of nitrogens with zero attached hydrogens (tertiary/aromatic N) is 1. The highest BCUT2D eigenvalue weighted by atomic mass is 32.2. The number of rotatable bonds is 6. The quantitative estimate of drug-likeness (QED) is 0.763. The summed E-state index contributed by atoms with van der Waals surface area (Å²) in [5.74, 6) is -2.60. The van der Waals surface area contributed by atoms with Gasteiger partial charge in [0.25, 0.3) is 10.0 Å². The zero-order valence-corrected chi connectivity index (χ0v) is 12.0. The third-order valence-corrected chi connectivity index (χ3v) is 4.34. The lowest BCUT2D eigenvalue weighted by Gasteiger charge is -2.23. The molecule has 1 aromatic heterocycles. The summed E-state index contributed by atoms with van der Waals surface area (Å²) in [7, 11) is -2.97. The molecular weight excluding hydrogens is 290 g/mol. The van der Waals surface area contributed by atoms with Gasteiger partial charge in [-0.05, 0) is 26.0 Å². The molecule has 1 aromatic rings. The van der Waals surface area contributed by atoms with Crippen molar-refractivity contribution in [3.8, 4) is 0 Å². The van der Waals surface area contributed by atoms with Crippen molar-refractivity contribution in [1.82, 2.24) is 4.31 Å². The summed E-state index contributed by atoms with van der Waals surface area (Å²) in [6.45, 7) is 2.66. The molecule has 0 saturated heterocycles. The molecule has 112 valence electrons. The van der Waals surface area contributed by atoms with Crippen molar-refractivity contribution in [2.75, 3.05) is 13.7 Å². The lowest BCUT2D eigenvalue weighted by molar-refractivity contribution is -0.141. The zero-order valence-electron chi connectivity index (χ0n) is 11.2. The number of carboxylic acids is 1. The maximum Gasteiger partial charge on any atom is 0.371 e. The summed E-state index contributed by atoms with van der Waals surface area (Å²) in [6, 6.07) is 1.54. The minimum Gasteiger partial charge on any atom is -0.475 e. The Balaban J connectivity index is 3.15. The molecular formula is C11H15NO7S. The molecule has 1 heterocycles. The van der Waals surface area contributed by atoms with E-state index >= 15 is 0 Å². The van der Waals surface area contributed by atoms with Crippen molar-refractivity contribution < 1.29 is 32.3 Å². The number of ether oxygens (including phenoxy) is 1. The first-order valence-corrected chi connectivity index (χ1v) is 7.06. The summed E-state index contributed by atoms with van der Waals surface area (Å²) < 4.78 is 34.7. The lowest BCUT2D eigenvalue weighted by atomic mass is 10.4.